The Morgan fingerprint density at radius 3 is 2.54 bits per heavy atom. The zero-order valence-electron chi connectivity index (χ0n) is 19.7. The smallest absolute Gasteiger partial charge is 0.255 e. The number of anilines is 1. The number of fused-ring (bicyclic) bond motifs is 1. The van der Waals surface area contributed by atoms with E-state index in [1.807, 2.05) is 19.9 Å². The quantitative estimate of drug-likeness (QED) is 0.501. The van der Waals surface area contributed by atoms with Gasteiger partial charge in [0.25, 0.3) is 11.8 Å². The van der Waals surface area contributed by atoms with Gasteiger partial charge < -0.3 is 25.4 Å². The highest BCUT2D eigenvalue weighted by Gasteiger charge is 2.26. The standard InChI is InChI=1S/C27H28FN3O4/c1-27(2,15-29)16-31(26(33)20-9-10-23-24(13-20)35-17-34-23)14-18-5-3-8-22(11-18)30-25(32)19-6-4-7-21(28)12-19/h3-13H,14-17,29H2,1-2H3,(H,30,32). The molecule has 3 aromatic rings. The molecule has 2 amide bonds. The van der Waals surface area contributed by atoms with Crippen LogP contribution in [0.4, 0.5) is 10.1 Å². The Balaban J connectivity index is 1.55. The minimum atomic E-state index is -0.480. The Bertz CT molecular complexity index is 1240. The Morgan fingerprint density at radius 2 is 1.77 bits per heavy atom. The summed E-state index contributed by atoms with van der Waals surface area (Å²) in [5, 5.41) is 2.79. The summed E-state index contributed by atoms with van der Waals surface area (Å²) >= 11 is 0. The van der Waals surface area contributed by atoms with Crippen molar-refractivity contribution in [1.29, 1.82) is 0 Å². The minimum absolute atomic E-state index is 0.130. The van der Waals surface area contributed by atoms with Crippen LogP contribution >= 0.6 is 0 Å². The van der Waals surface area contributed by atoms with Crippen LogP contribution in [0, 0.1) is 11.2 Å². The SMILES string of the molecule is CC(C)(CN)CN(Cc1cccc(NC(=O)c2cccc(F)c2)c1)C(=O)c1ccc2c(c1)OCO2. The zero-order valence-corrected chi connectivity index (χ0v) is 19.7. The molecule has 3 aromatic carbocycles. The summed E-state index contributed by atoms with van der Waals surface area (Å²) in [6, 6.07) is 17.8. The summed E-state index contributed by atoms with van der Waals surface area (Å²) in [6.07, 6.45) is 0. The highest BCUT2D eigenvalue weighted by Crippen LogP contribution is 2.33. The van der Waals surface area contributed by atoms with Crippen molar-refractivity contribution < 1.29 is 23.5 Å². The molecule has 0 saturated heterocycles. The molecular formula is C27H28FN3O4. The third kappa shape index (κ3) is 5.96. The molecule has 182 valence electrons. The fraction of sp³-hybridized carbons (Fsp3) is 0.259. The van der Waals surface area contributed by atoms with Crippen molar-refractivity contribution in [3.8, 4) is 11.5 Å². The topological polar surface area (TPSA) is 93.9 Å². The number of nitrogens with zero attached hydrogens (tertiary/aromatic N) is 1. The lowest BCUT2D eigenvalue weighted by Crippen LogP contribution is -2.41. The first-order chi connectivity index (χ1) is 16.7. The summed E-state index contributed by atoms with van der Waals surface area (Å²) in [5.74, 6) is 0.0814. The molecule has 35 heavy (non-hydrogen) atoms. The highest BCUT2D eigenvalue weighted by atomic mass is 19.1. The van der Waals surface area contributed by atoms with Gasteiger partial charge in [-0.25, -0.2) is 4.39 Å². The van der Waals surface area contributed by atoms with Crippen molar-refractivity contribution in [2.24, 2.45) is 11.1 Å². The predicted molar refractivity (Wildman–Crippen MR) is 131 cm³/mol. The Kier molecular flexibility index (Phi) is 7.02. The molecule has 1 heterocycles. The van der Waals surface area contributed by atoms with Crippen LogP contribution in [0.2, 0.25) is 0 Å². The number of carbonyl (C=O) groups excluding carboxylic acids is 2. The number of rotatable bonds is 8. The van der Waals surface area contributed by atoms with Gasteiger partial charge in [0.05, 0.1) is 0 Å². The van der Waals surface area contributed by atoms with Crippen LogP contribution in [0.25, 0.3) is 0 Å². The van der Waals surface area contributed by atoms with Crippen molar-refractivity contribution >= 4 is 17.5 Å². The molecule has 7 nitrogen and oxygen atoms in total. The maximum absolute atomic E-state index is 13.5. The first-order valence-electron chi connectivity index (χ1n) is 11.3. The normalized spacial score (nSPS) is 12.3. The van der Waals surface area contributed by atoms with Crippen LogP contribution in [0.3, 0.4) is 0 Å². The van der Waals surface area contributed by atoms with Gasteiger partial charge in [-0.05, 0) is 66.1 Å². The summed E-state index contributed by atoms with van der Waals surface area (Å²) in [5.41, 5.74) is 7.72. The zero-order chi connectivity index (χ0) is 25.0. The molecule has 1 aliphatic heterocycles. The van der Waals surface area contributed by atoms with Crippen LogP contribution in [-0.2, 0) is 6.54 Å². The van der Waals surface area contributed by atoms with E-state index in [9.17, 15) is 14.0 Å². The maximum atomic E-state index is 13.5. The van der Waals surface area contributed by atoms with Gasteiger partial charge >= 0.3 is 0 Å². The molecule has 0 saturated carbocycles. The van der Waals surface area contributed by atoms with Gasteiger partial charge in [-0.1, -0.05) is 32.0 Å². The second-order valence-corrected chi connectivity index (χ2v) is 9.26. The van der Waals surface area contributed by atoms with Gasteiger partial charge in [-0.3, -0.25) is 9.59 Å². The molecule has 4 rings (SSSR count). The van der Waals surface area contributed by atoms with Gasteiger partial charge in [0.2, 0.25) is 6.79 Å². The van der Waals surface area contributed by atoms with Gasteiger partial charge in [-0.15, -0.1) is 0 Å². The van der Waals surface area contributed by atoms with E-state index in [2.05, 4.69) is 5.32 Å². The Morgan fingerprint density at radius 1 is 1.00 bits per heavy atom. The van der Waals surface area contributed by atoms with Gasteiger partial charge in [0, 0.05) is 29.9 Å². The first kappa shape index (κ1) is 24.2. The van der Waals surface area contributed by atoms with Gasteiger partial charge in [0.15, 0.2) is 11.5 Å². The molecule has 0 spiro atoms. The van der Waals surface area contributed by atoms with Crippen molar-refractivity contribution in [1.82, 2.24) is 4.90 Å². The van der Waals surface area contributed by atoms with E-state index < -0.39 is 11.7 Å². The number of nitrogens with two attached hydrogens (primary N) is 1. The third-order valence-electron chi connectivity index (χ3n) is 5.72. The number of hydrogen-bond acceptors (Lipinski definition) is 5. The maximum Gasteiger partial charge on any atom is 0.255 e. The molecule has 8 heteroatoms. The summed E-state index contributed by atoms with van der Waals surface area (Å²) in [7, 11) is 0. The fourth-order valence-electron chi connectivity index (χ4n) is 3.79. The Labute approximate surface area is 203 Å². The van der Waals surface area contributed by atoms with Crippen LogP contribution in [0.15, 0.2) is 66.7 Å². The van der Waals surface area contributed by atoms with E-state index in [1.54, 1.807) is 47.4 Å². The molecule has 3 N–H and O–H groups in total. The van der Waals surface area contributed by atoms with Crippen LogP contribution in [-0.4, -0.2) is 36.6 Å². The second kappa shape index (κ2) is 10.1. The van der Waals surface area contributed by atoms with E-state index in [0.717, 1.165) is 5.56 Å². The van der Waals surface area contributed by atoms with Crippen LogP contribution < -0.4 is 20.5 Å². The largest absolute Gasteiger partial charge is 0.454 e. The molecule has 0 bridgehead atoms. The number of carbonyl (C=O) groups is 2. The molecule has 0 fully saturated rings. The number of hydrogen-bond donors (Lipinski definition) is 2. The fourth-order valence-corrected chi connectivity index (χ4v) is 3.79. The number of nitrogens with one attached hydrogen (secondary N) is 1. The molecule has 0 unspecified atom stereocenters. The lowest BCUT2D eigenvalue weighted by Gasteiger charge is -2.32. The lowest BCUT2D eigenvalue weighted by molar-refractivity contribution is 0.0672. The second-order valence-electron chi connectivity index (χ2n) is 9.26. The number of halogens is 1. The van der Waals surface area contributed by atoms with E-state index in [0.29, 0.717) is 42.4 Å². The average molecular weight is 478 g/mol. The number of amides is 2. The average Bonchev–Trinajstić information content (AvgIpc) is 3.31. The molecular weight excluding hydrogens is 449 g/mol. The van der Waals surface area contributed by atoms with Gasteiger partial charge in [0.1, 0.15) is 5.82 Å². The summed E-state index contributed by atoms with van der Waals surface area (Å²) < 4.78 is 24.3. The minimum Gasteiger partial charge on any atom is -0.454 e. The van der Waals surface area contributed by atoms with Crippen LogP contribution in [0.1, 0.15) is 40.1 Å². The van der Waals surface area contributed by atoms with E-state index >= 15 is 0 Å². The predicted octanol–water partition coefficient (Wildman–Crippen LogP) is 4.43. The van der Waals surface area contributed by atoms with E-state index in [4.69, 9.17) is 15.2 Å². The third-order valence-corrected chi connectivity index (χ3v) is 5.72. The van der Waals surface area contributed by atoms with Crippen molar-refractivity contribution in [3.63, 3.8) is 0 Å². The summed E-state index contributed by atoms with van der Waals surface area (Å²) in [4.78, 5) is 27.8. The molecule has 0 radical (unpaired) electrons. The molecule has 1 aliphatic rings. The summed E-state index contributed by atoms with van der Waals surface area (Å²) in [6.45, 7) is 5.27. The first-order valence-corrected chi connectivity index (χ1v) is 11.3. The van der Waals surface area contributed by atoms with Gasteiger partial charge in [-0.2, -0.15) is 0 Å². The highest BCUT2D eigenvalue weighted by molar-refractivity contribution is 6.04. The van der Waals surface area contributed by atoms with Crippen molar-refractivity contribution in [3.05, 3.63) is 89.2 Å². The van der Waals surface area contributed by atoms with Crippen molar-refractivity contribution in [2.45, 2.75) is 20.4 Å². The molecule has 0 aliphatic carbocycles. The van der Waals surface area contributed by atoms with Crippen LogP contribution in [0.5, 0.6) is 11.5 Å². The van der Waals surface area contributed by atoms with E-state index in [-0.39, 0.29) is 23.7 Å². The lowest BCUT2D eigenvalue weighted by atomic mass is 9.92. The monoisotopic (exact) mass is 477 g/mol. The molecule has 0 atom stereocenters. The van der Waals surface area contributed by atoms with E-state index in [1.165, 1.54) is 18.2 Å². The molecule has 0 aromatic heterocycles. The number of ether oxygens (including phenoxy) is 2. The Hall–Kier alpha value is -3.91. The number of benzene rings is 3. The van der Waals surface area contributed by atoms with Crippen molar-refractivity contribution in [2.75, 3.05) is 25.2 Å².